The summed E-state index contributed by atoms with van der Waals surface area (Å²) in [4.78, 5) is 7.83. The highest BCUT2D eigenvalue weighted by atomic mass is 16.7. The minimum atomic E-state index is 0.132. The molecule has 1 fully saturated rings. The van der Waals surface area contributed by atoms with Crippen molar-refractivity contribution in [2.75, 3.05) is 47.4 Å². The maximum atomic E-state index is 5.52. The number of nitrogens with zero attached hydrogens (tertiary/aromatic N) is 2. The number of nitrogens with one attached hydrogen (secondary N) is 3. The van der Waals surface area contributed by atoms with Gasteiger partial charge in [0.1, 0.15) is 6.17 Å². The fraction of sp³-hybridized carbons (Fsp3) is 0.700. The first-order valence-electron chi connectivity index (χ1n) is 9.94. The van der Waals surface area contributed by atoms with Crippen LogP contribution in [0.4, 0.5) is 0 Å². The molecule has 3 N–H and O–H groups in total. The number of fused-ring (bicyclic) bond motifs is 1. The first-order valence-corrected chi connectivity index (χ1v) is 9.94. The van der Waals surface area contributed by atoms with Crippen LogP contribution in [0.1, 0.15) is 48.7 Å². The summed E-state index contributed by atoms with van der Waals surface area (Å²) in [6, 6.07) is 7.44. The first kappa shape index (κ1) is 19.7. The van der Waals surface area contributed by atoms with E-state index in [-0.39, 0.29) is 6.17 Å². The molecule has 1 aromatic rings. The minimum absolute atomic E-state index is 0.132. The minimum Gasteiger partial charge on any atom is -0.313 e. The Morgan fingerprint density at radius 2 is 2.15 bits per heavy atom. The first-order chi connectivity index (χ1) is 12.6. The van der Waals surface area contributed by atoms with Crippen LogP contribution in [-0.4, -0.2) is 63.5 Å². The summed E-state index contributed by atoms with van der Waals surface area (Å²) >= 11 is 0. The largest absolute Gasteiger partial charge is 0.313 e. The van der Waals surface area contributed by atoms with Crippen LogP contribution >= 0.6 is 0 Å². The molecule has 3 atom stereocenters. The Labute approximate surface area is 158 Å². The molecule has 146 valence electrons. The Hall–Kier alpha value is -1.02. The molecule has 0 amide bonds. The summed E-state index contributed by atoms with van der Waals surface area (Å²) in [6.45, 7) is 6.23. The Bertz CT molecular complexity index is 565. The van der Waals surface area contributed by atoms with Gasteiger partial charge in [0.25, 0.3) is 0 Å². The van der Waals surface area contributed by atoms with E-state index < -0.39 is 0 Å². The number of rotatable bonds is 7. The molecule has 0 radical (unpaired) electrons. The summed E-state index contributed by atoms with van der Waals surface area (Å²) in [7, 11) is 5.88. The van der Waals surface area contributed by atoms with E-state index in [1.807, 2.05) is 12.1 Å². The molecule has 26 heavy (non-hydrogen) atoms. The van der Waals surface area contributed by atoms with Crippen molar-refractivity contribution in [3.8, 4) is 0 Å². The molecule has 1 saturated heterocycles. The molecule has 2 aliphatic rings. The Balaban J connectivity index is 1.80. The van der Waals surface area contributed by atoms with Gasteiger partial charge in [-0.05, 0) is 49.5 Å². The third-order valence-electron chi connectivity index (χ3n) is 5.77. The van der Waals surface area contributed by atoms with E-state index in [2.05, 4.69) is 53.0 Å². The van der Waals surface area contributed by atoms with Gasteiger partial charge >= 0.3 is 0 Å². The lowest BCUT2D eigenvalue weighted by Gasteiger charge is -2.36. The summed E-state index contributed by atoms with van der Waals surface area (Å²) in [6.07, 6.45) is 4.10. The third kappa shape index (κ3) is 4.44. The molecule has 0 saturated carbocycles. The normalized spacial score (nSPS) is 24.7. The van der Waals surface area contributed by atoms with Crippen molar-refractivity contribution < 1.29 is 4.84 Å². The fourth-order valence-corrected chi connectivity index (χ4v) is 4.20. The van der Waals surface area contributed by atoms with Crippen molar-refractivity contribution in [3.63, 3.8) is 0 Å². The maximum absolute atomic E-state index is 5.52. The highest BCUT2D eigenvalue weighted by Crippen LogP contribution is 2.33. The van der Waals surface area contributed by atoms with Gasteiger partial charge < -0.3 is 10.2 Å². The molecule has 0 bridgehead atoms. The van der Waals surface area contributed by atoms with Crippen LogP contribution in [0.15, 0.2) is 18.2 Å². The van der Waals surface area contributed by atoms with E-state index in [1.54, 1.807) is 7.11 Å². The molecule has 3 unspecified atom stereocenters. The van der Waals surface area contributed by atoms with E-state index >= 15 is 0 Å². The Morgan fingerprint density at radius 1 is 1.31 bits per heavy atom. The van der Waals surface area contributed by atoms with Crippen molar-refractivity contribution in [1.29, 1.82) is 0 Å². The molecule has 6 heteroatoms. The Kier molecular flexibility index (Phi) is 7.03. The van der Waals surface area contributed by atoms with Gasteiger partial charge in [0.2, 0.25) is 0 Å². The van der Waals surface area contributed by atoms with Crippen molar-refractivity contribution in [3.05, 3.63) is 34.9 Å². The quantitative estimate of drug-likeness (QED) is 0.507. The summed E-state index contributed by atoms with van der Waals surface area (Å²) in [5.74, 6) is 0. The number of benzene rings is 1. The van der Waals surface area contributed by atoms with Gasteiger partial charge in [0.05, 0.1) is 13.3 Å². The molecular formula is C20H35N5O. The van der Waals surface area contributed by atoms with E-state index in [0.29, 0.717) is 12.2 Å². The van der Waals surface area contributed by atoms with Crippen molar-refractivity contribution in [2.24, 2.45) is 0 Å². The second-order valence-corrected chi connectivity index (χ2v) is 7.46. The summed E-state index contributed by atoms with van der Waals surface area (Å²) in [5, 5.41) is 12.8. The van der Waals surface area contributed by atoms with Gasteiger partial charge in [0, 0.05) is 32.7 Å². The predicted octanol–water partition coefficient (Wildman–Crippen LogP) is 1.62. The smallest absolute Gasteiger partial charge is 0.112 e. The van der Waals surface area contributed by atoms with E-state index in [1.165, 1.54) is 29.5 Å². The van der Waals surface area contributed by atoms with Crippen LogP contribution < -0.4 is 16.0 Å². The lowest BCUT2D eigenvalue weighted by atomic mass is 9.86. The van der Waals surface area contributed by atoms with Crippen LogP contribution in [0.25, 0.3) is 0 Å². The number of hydroxylamine groups is 2. The number of hydrogen-bond acceptors (Lipinski definition) is 6. The van der Waals surface area contributed by atoms with Gasteiger partial charge in [-0.3, -0.25) is 15.5 Å². The fourth-order valence-electron chi connectivity index (χ4n) is 4.20. The highest BCUT2D eigenvalue weighted by molar-refractivity contribution is 5.37. The molecule has 0 aromatic heterocycles. The molecule has 0 spiro atoms. The number of aryl methyl sites for hydroxylation is 1. The molecule has 1 heterocycles. The molecule has 1 aliphatic heterocycles. The molecule has 6 nitrogen and oxygen atoms in total. The second-order valence-electron chi connectivity index (χ2n) is 7.46. The van der Waals surface area contributed by atoms with Crippen LogP contribution in [0.5, 0.6) is 0 Å². The van der Waals surface area contributed by atoms with Crippen LogP contribution in [0.2, 0.25) is 0 Å². The third-order valence-corrected chi connectivity index (χ3v) is 5.77. The van der Waals surface area contributed by atoms with Gasteiger partial charge in [0.15, 0.2) is 0 Å². The number of piperazine rings is 1. The molecular weight excluding hydrogens is 326 g/mol. The second kappa shape index (κ2) is 9.26. The van der Waals surface area contributed by atoms with Crippen molar-refractivity contribution in [2.45, 2.75) is 44.6 Å². The highest BCUT2D eigenvalue weighted by Gasteiger charge is 2.26. The van der Waals surface area contributed by atoms with Crippen molar-refractivity contribution in [1.82, 2.24) is 25.9 Å². The van der Waals surface area contributed by atoms with E-state index in [4.69, 9.17) is 4.84 Å². The summed E-state index contributed by atoms with van der Waals surface area (Å²) < 4.78 is 0. The van der Waals surface area contributed by atoms with Gasteiger partial charge in [-0.15, -0.1) is 0 Å². The molecule has 1 aliphatic carbocycles. The maximum Gasteiger partial charge on any atom is 0.112 e. The number of hydrogen-bond donors (Lipinski definition) is 3. The lowest BCUT2D eigenvalue weighted by Crippen LogP contribution is -2.56. The standard InChI is InChI=1S/C20H35N5O/c1-5-24(2)20(25(3)26-4)16-9-10-17-15(13-16)7-6-8-18(17)23-19-14-21-11-12-22-19/h9-10,13,18-23H,5-8,11-12,14H2,1-4H3. The zero-order valence-corrected chi connectivity index (χ0v) is 16.7. The monoisotopic (exact) mass is 361 g/mol. The van der Waals surface area contributed by atoms with Gasteiger partial charge in [-0.1, -0.05) is 25.1 Å². The van der Waals surface area contributed by atoms with E-state index in [0.717, 1.165) is 32.6 Å². The average Bonchev–Trinajstić information content (AvgIpc) is 2.68. The van der Waals surface area contributed by atoms with Crippen molar-refractivity contribution >= 4 is 0 Å². The molecule has 3 rings (SSSR count). The van der Waals surface area contributed by atoms with E-state index in [9.17, 15) is 0 Å². The SMILES string of the molecule is CCN(C)C(c1ccc2c(c1)CCCC2NC1CNCCN1)N(C)OC. The van der Waals surface area contributed by atoms with Gasteiger partial charge in [-0.25, -0.2) is 0 Å². The average molecular weight is 362 g/mol. The van der Waals surface area contributed by atoms with Gasteiger partial charge in [-0.2, -0.15) is 5.06 Å². The summed E-state index contributed by atoms with van der Waals surface area (Å²) in [5.41, 5.74) is 4.25. The zero-order chi connectivity index (χ0) is 18.5. The van der Waals surface area contributed by atoms with Crippen LogP contribution in [0, 0.1) is 0 Å². The zero-order valence-electron chi connectivity index (χ0n) is 16.7. The molecule has 1 aromatic carbocycles. The van der Waals surface area contributed by atoms with Crippen LogP contribution in [0.3, 0.4) is 0 Å². The predicted molar refractivity (Wildman–Crippen MR) is 106 cm³/mol. The topological polar surface area (TPSA) is 51.8 Å². The Morgan fingerprint density at radius 3 is 2.85 bits per heavy atom. The van der Waals surface area contributed by atoms with Crippen LogP contribution in [-0.2, 0) is 11.3 Å². The lowest BCUT2D eigenvalue weighted by molar-refractivity contribution is -0.179.